The fraction of sp³-hybridized carbons (Fsp3) is 0.781. The summed E-state index contributed by atoms with van der Waals surface area (Å²) in [5.41, 5.74) is 0. The largest absolute Gasteiger partial charge is 0.481 e. The van der Waals surface area contributed by atoms with E-state index in [1.165, 1.54) is 11.3 Å². The molecule has 3 saturated carbocycles. The summed E-state index contributed by atoms with van der Waals surface area (Å²) in [6, 6.07) is -2.03. The molecule has 3 fully saturated rings. The second-order valence-electron chi connectivity index (χ2n) is 13.4. The lowest BCUT2D eigenvalue weighted by molar-refractivity contribution is -0.154. The van der Waals surface area contributed by atoms with Crippen LogP contribution in [0.4, 0.5) is 4.79 Å². The molecule has 0 aliphatic heterocycles. The minimum absolute atomic E-state index is 0.0486. The predicted molar refractivity (Wildman–Crippen MR) is 168 cm³/mol. The Bertz CT molecular complexity index is 1120. The Morgan fingerprint density at radius 1 is 0.787 bits per heavy atom. The highest BCUT2D eigenvalue weighted by Gasteiger charge is 2.34. The van der Waals surface area contributed by atoms with Gasteiger partial charge in [0.15, 0.2) is 0 Å². The van der Waals surface area contributed by atoms with Gasteiger partial charge >= 0.3 is 23.9 Å². The van der Waals surface area contributed by atoms with Crippen molar-refractivity contribution >= 4 is 42.2 Å². The molecule has 6 N–H and O–H groups in total. The van der Waals surface area contributed by atoms with Gasteiger partial charge in [0.1, 0.15) is 12.6 Å². The van der Waals surface area contributed by atoms with Crippen LogP contribution < -0.4 is 16.0 Å². The van der Waals surface area contributed by atoms with Gasteiger partial charge in [0.05, 0.1) is 12.8 Å². The van der Waals surface area contributed by atoms with Crippen molar-refractivity contribution in [3.05, 3.63) is 0 Å². The van der Waals surface area contributed by atoms with E-state index in [9.17, 15) is 43.8 Å². The van der Waals surface area contributed by atoms with Crippen molar-refractivity contribution in [2.24, 2.45) is 11.8 Å². The van der Waals surface area contributed by atoms with Crippen LogP contribution in [0.1, 0.15) is 103 Å². The number of rotatable bonds is 16. The summed E-state index contributed by atoms with van der Waals surface area (Å²) in [4.78, 5) is 86.1. The first-order valence-electron chi connectivity index (χ1n) is 16.9. The third-order valence-corrected chi connectivity index (χ3v) is 9.98. The lowest BCUT2D eigenvalue weighted by Gasteiger charge is -2.38. The number of nitrogens with one attached hydrogen (secondary N) is 3. The zero-order chi connectivity index (χ0) is 34.5. The van der Waals surface area contributed by atoms with Gasteiger partial charge in [0.25, 0.3) is 0 Å². The van der Waals surface area contributed by atoms with Gasteiger partial charge in [-0.05, 0) is 76.0 Å². The Balaban J connectivity index is 1.43. The average molecular weight is 666 g/mol. The Hall–Kier alpha value is -3.91. The average Bonchev–Trinajstić information content (AvgIpc) is 3.01. The first kappa shape index (κ1) is 37.5. The van der Waals surface area contributed by atoms with Crippen LogP contribution in [0.25, 0.3) is 0 Å². The molecule has 0 spiro atoms. The van der Waals surface area contributed by atoms with Gasteiger partial charge in [-0.2, -0.15) is 0 Å². The second kappa shape index (κ2) is 18.4. The molecule has 264 valence electrons. The smallest absolute Gasteiger partial charge is 0.327 e. The quantitative estimate of drug-likeness (QED) is 0.131. The molecule has 3 aliphatic rings. The molecular formula is C32H51N5O10. The van der Waals surface area contributed by atoms with E-state index in [2.05, 4.69) is 22.9 Å². The number of carboxylic acid groups (broad SMARTS) is 3. The summed E-state index contributed by atoms with van der Waals surface area (Å²) in [5.74, 6) is -4.16. The maximum absolute atomic E-state index is 13.2. The van der Waals surface area contributed by atoms with Crippen LogP contribution in [0.5, 0.6) is 0 Å². The molecule has 15 nitrogen and oxygen atoms in total. The molecule has 0 aromatic rings. The molecule has 0 radical (unpaired) electrons. The van der Waals surface area contributed by atoms with Crippen molar-refractivity contribution in [1.29, 1.82) is 0 Å². The predicted octanol–water partition coefficient (Wildman–Crippen LogP) is 1.93. The van der Waals surface area contributed by atoms with Crippen molar-refractivity contribution in [2.75, 3.05) is 13.1 Å². The van der Waals surface area contributed by atoms with Gasteiger partial charge in [-0.15, -0.1) is 0 Å². The maximum Gasteiger partial charge on any atom is 0.327 e. The van der Waals surface area contributed by atoms with Gasteiger partial charge in [-0.3, -0.25) is 24.0 Å². The molecule has 0 saturated heterocycles. The Morgan fingerprint density at radius 2 is 1.40 bits per heavy atom. The summed E-state index contributed by atoms with van der Waals surface area (Å²) in [7, 11) is 0. The number of nitrogens with zero attached hydrogens (tertiary/aromatic N) is 2. The molecule has 3 aliphatic carbocycles. The van der Waals surface area contributed by atoms with Gasteiger partial charge in [0.2, 0.25) is 18.2 Å². The minimum atomic E-state index is -1.75. The fourth-order valence-corrected chi connectivity index (χ4v) is 7.22. The van der Waals surface area contributed by atoms with Gasteiger partial charge < -0.3 is 41.1 Å². The number of hydrogen-bond acceptors (Lipinski definition) is 7. The number of hydrogen-bond donors (Lipinski definition) is 6. The summed E-state index contributed by atoms with van der Waals surface area (Å²) >= 11 is 0. The zero-order valence-electron chi connectivity index (χ0n) is 27.2. The highest BCUT2D eigenvalue weighted by atomic mass is 16.4. The van der Waals surface area contributed by atoms with E-state index in [-0.39, 0.29) is 61.4 Å². The van der Waals surface area contributed by atoms with Crippen molar-refractivity contribution in [2.45, 2.75) is 133 Å². The van der Waals surface area contributed by atoms with Crippen LogP contribution in [0.2, 0.25) is 0 Å². The molecule has 3 rings (SSSR count). The van der Waals surface area contributed by atoms with Crippen LogP contribution in [0.15, 0.2) is 0 Å². The standard InChI is InChI=1S/C32H51N5O10/c1-20-4-2-3-5-25(20)35-32(47)34-23-8-6-21(7-9-23)16-27(39)33-22-10-12-24(13-11-22)37(15-14-29(41)42)28(40)18-36(19-38)26(31(45)46)17-30(43)44/h19-26H,2-18H2,1H3,(H,33,39)(H,41,42)(H,43,44)(H,45,46)(H2,34,35,47). The molecule has 0 aromatic carbocycles. The summed E-state index contributed by atoms with van der Waals surface area (Å²) in [6.45, 7) is 1.33. The highest BCUT2D eigenvalue weighted by Crippen LogP contribution is 2.29. The molecule has 0 aromatic heterocycles. The maximum atomic E-state index is 13.2. The minimum Gasteiger partial charge on any atom is -0.481 e. The van der Waals surface area contributed by atoms with E-state index in [1.54, 1.807) is 0 Å². The lowest BCUT2D eigenvalue weighted by atomic mass is 9.83. The first-order valence-corrected chi connectivity index (χ1v) is 16.9. The van der Waals surface area contributed by atoms with Crippen LogP contribution in [-0.2, 0) is 28.8 Å². The van der Waals surface area contributed by atoms with Crippen LogP contribution in [-0.4, -0.2) is 111 Å². The SMILES string of the molecule is CC1CCCCC1NC(=O)NC1CCC(CC(=O)NC2CCC(N(CCC(=O)O)C(=O)CN(C=O)C(CC(=O)O)C(=O)O)CC2)CC1. The molecule has 3 unspecified atom stereocenters. The second-order valence-corrected chi connectivity index (χ2v) is 13.4. The third-order valence-electron chi connectivity index (χ3n) is 9.98. The number of carboxylic acids is 3. The van der Waals surface area contributed by atoms with E-state index >= 15 is 0 Å². The van der Waals surface area contributed by atoms with Crippen molar-refractivity contribution < 1.29 is 48.9 Å². The Kier molecular flexibility index (Phi) is 14.7. The Morgan fingerprint density at radius 3 is 1.98 bits per heavy atom. The normalized spacial score (nSPS) is 26.6. The molecule has 47 heavy (non-hydrogen) atoms. The van der Waals surface area contributed by atoms with Crippen molar-refractivity contribution in [3.63, 3.8) is 0 Å². The van der Waals surface area contributed by atoms with Crippen molar-refractivity contribution in [1.82, 2.24) is 25.8 Å². The monoisotopic (exact) mass is 665 g/mol. The van der Waals surface area contributed by atoms with E-state index in [1.807, 2.05) is 0 Å². The summed E-state index contributed by atoms with van der Waals surface area (Å²) in [6.07, 6.45) is 9.13. The van der Waals surface area contributed by atoms with Crippen LogP contribution in [0.3, 0.4) is 0 Å². The van der Waals surface area contributed by atoms with Crippen molar-refractivity contribution in [3.8, 4) is 0 Å². The topological polar surface area (TPSA) is 223 Å². The van der Waals surface area contributed by atoms with E-state index < -0.39 is 42.8 Å². The van der Waals surface area contributed by atoms with E-state index in [0.717, 1.165) is 44.9 Å². The molecule has 0 heterocycles. The van der Waals surface area contributed by atoms with Crippen LogP contribution in [0, 0.1) is 11.8 Å². The lowest BCUT2D eigenvalue weighted by Crippen LogP contribution is -2.52. The van der Waals surface area contributed by atoms with Crippen LogP contribution >= 0.6 is 0 Å². The molecule has 0 bridgehead atoms. The summed E-state index contributed by atoms with van der Waals surface area (Å²) < 4.78 is 0. The number of amides is 5. The first-order chi connectivity index (χ1) is 22.4. The number of carbonyl (C=O) groups excluding carboxylic acids is 4. The fourth-order valence-electron chi connectivity index (χ4n) is 7.22. The molecule has 15 heteroatoms. The number of urea groups is 1. The molecular weight excluding hydrogens is 614 g/mol. The number of aliphatic carboxylic acids is 3. The van der Waals surface area contributed by atoms with E-state index in [4.69, 9.17) is 5.11 Å². The van der Waals surface area contributed by atoms with Gasteiger partial charge in [-0.25, -0.2) is 9.59 Å². The van der Waals surface area contributed by atoms with E-state index in [0.29, 0.717) is 42.9 Å². The Labute approximate surface area is 275 Å². The number of carbonyl (C=O) groups is 7. The van der Waals surface area contributed by atoms with Gasteiger partial charge in [0, 0.05) is 37.1 Å². The zero-order valence-corrected chi connectivity index (χ0v) is 27.2. The third kappa shape index (κ3) is 12.3. The van der Waals surface area contributed by atoms with Gasteiger partial charge in [-0.1, -0.05) is 19.8 Å². The highest BCUT2D eigenvalue weighted by molar-refractivity contribution is 5.86. The molecule has 3 atom stereocenters. The molecule has 5 amide bonds. The summed E-state index contributed by atoms with van der Waals surface area (Å²) in [5, 5.41) is 37.0.